The van der Waals surface area contributed by atoms with Crippen molar-refractivity contribution in [1.82, 2.24) is 0 Å². The summed E-state index contributed by atoms with van der Waals surface area (Å²) in [6.07, 6.45) is 0. The summed E-state index contributed by atoms with van der Waals surface area (Å²) in [5.41, 5.74) is 2.98. The minimum absolute atomic E-state index is 0.0771. The van der Waals surface area contributed by atoms with E-state index in [4.69, 9.17) is 9.47 Å². The third-order valence-corrected chi connectivity index (χ3v) is 4.33. The van der Waals surface area contributed by atoms with E-state index in [0.717, 1.165) is 11.1 Å². The highest BCUT2D eigenvalue weighted by Crippen LogP contribution is 2.32. The van der Waals surface area contributed by atoms with Crippen LogP contribution < -0.4 is 14.8 Å². The Kier molecular flexibility index (Phi) is 6.09. The molecule has 0 unspecified atom stereocenters. The Hall–Kier alpha value is -3.87. The summed E-state index contributed by atoms with van der Waals surface area (Å²) in [4.78, 5) is 22.8. The van der Waals surface area contributed by atoms with Gasteiger partial charge in [0.05, 0.1) is 12.0 Å². The Balaban J connectivity index is 1.62. The van der Waals surface area contributed by atoms with Crippen molar-refractivity contribution < 1.29 is 19.2 Å². The normalized spacial score (nSPS) is 10.3. The van der Waals surface area contributed by atoms with Crippen molar-refractivity contribution in [3.8, 4) is 22.6 Å². The molecule has 1 N–H and O–H groups in total. The SMILES string of the molecule is COc1cc(NC(=O)COc2ccc(-c3ccccc3)cc2)c(C)cc1[N+](=O)[O-]. The number of ether oxygens (including phenoxy) is 2. The fourth-order valence-electron chi connectivity index (χ4n) is 2.82. The summed E-state index contributed by atoms with van der Waals surface area (Å²) in [6, 6.07) is 20.2. The number of nitrogens with zero attached hydrogens (tertiary/aromatic N) is 1. The van der Waals surface area contributed by atoms with E-state index in [1.165, 1.54) is 19.2 Å². The van der Waals surface area contributed by atoms with E-state index >= 15 is 0 Å². The molecular formula is C22H20N2O5. The van der Waals surface area contributed by atoms with Gasteiger partial charge in [-0.2, -0.15) is 0 Å². The first-order valence-electron chi connectivity index (χ1n) is 8.89. The number of nitro benzene ring substituents is 1. The molecule has 7 nitrogen and oxygen atoms in total. The molecule has 7 heteroatoms. The van der Waals surface area contributed by atoms with Crippen LogP contribution in [0.15, 0.2) is 66.7 Å². The Morgan fingerprint density at radius 2 is 1.69 bits per heavy atom. The molecule has 0 aliphatic carbocycles. The number of benzene rings is 3. The van der Waals surface area contributed by atoms with Gasteiger partial charge >= 0.3 is 5.69 Å². The van der Waals surface area contributed by atoms with Crippen LogP contribution in [-0.4, -0.2) is 24.5 Å². The predicted octanol–water partition coefficient (Wildman–Crippen LogP) is 4.60. The van der Waals surface area contributed by atoms with Gasteiger partial charge in [0.15, 0.2) is 12.4 Å². The Bertz CT molecular complexity index is 1020. The first kappa shape index (κ1) is 19.9. The van der Waals surface area contributed by atoms with Gasteiger partial charge in [-0.05, 0) is 35.7 Å². The maximum Gasteiger partial charge on any atom is 0.311 e. The third kappa shape index (κ3) is 4.90. The Morgan fingerprint density at radius 3 is 2.31 bits per heavy atom. The van der Waals surface area contributed by atoms with Gasteiger partial charge in [0, 0.05) is 17.8 Å². The molecule has 0 bridgehead atoms. The molecule has 148 valence electrons. The van der Waals surface area contributed by atoms with E-state index < -0.39 is 4.92 Å². The van der Waals surface area contributed by atoms with Crippen molar-refractivity contribution in [2.75, 3.05) is 19.0 Å². The molecule has 0 atom stereocenters. The number of amides is 1. The average molecular weight is 392 g/mol. The zero-order valence-electron chi connectivity index (χ0n) is 16.0. The Morgan fingerprint density at radius 1 is 1.03 bits per heavy atom. The van der Waals surface area contributed by atoms with Crippen LogP contribution in [0.3, 0.4) is 0 Å². The maximum atomic E-state index is 12.2. The van der Waals surface area contributed by atoms with E-state index in [2.05, 4.69) is 5.32 Å². The number of aryl methyl sites for hydroxylation is 1. The quantitative estimate of drug-likeness (QED) is 0.469. The molecule has 3 aromatic carbocycles. The number of rotatable bonds is 7. The molecule has 0 aliphatic heterocycles. The van der Waals surface area contributed by atoms with Crippen molar-refractivity contribution in [2.24, 2.45) is 0 Å². The summed E-state index contributed by atoms with van der Waals surface area (Å²) >= 11 is 0. The number of nitrogens with one attached hydrogen (secondary N) is 1. The van der Waals surface area contributed by atoms with Crippen LogP contribution in [0.25, 0.3) is 11.1 Å². The maximum absolute atomic E-state index is 12.2. The lowest BCUT2D eigenvalue weighted by atomic mass is 10.1. The molecule has 0 heterocycles. The van der Waals surface area contributed by atoms with Gasteiger partial charge in [-0.1, -0.05) is 42.5 Å². The van der Waals surface area contributed by atoms with Gasteiger partial charge in [-0.25, -0.2) is 0 Å². The number of anilines is 1. The summed E-state index contributed by atoms with van der Waals surface area (Å²) in [7, 11) is 1.34. The fraction of sp³-hybridized carbons (Fsp3) is 0.136. The summed E-state index contributed by atoms with van der Waals surface area (Å²) < 4.78 is 10.6. The minimum Gasteiger partial charge on any atom is -0.490 e. The van der Waals surface area contributed by atoms with Gasteiger partial charge in [0.2, 0.25) is 0 Å². The van der Waals surface area contributed by atoms with E-state index in [9.17, 15) is 14.9 Å². The monoisotopic (exact) mass is 392 g/mol. The number of nitro groups is 1. The summed E-state index contributed by atoms with van der Waals surface area (Å²) in [5, 5.41) is 13.8. The second-order valence-electron chi connectivity index (χ2n) is 6.32. The Labute approximate surface area is 168 Å². The van der Waals surface area contributed by atoms with Gasteiger partial charge in [-0.15, -0.1) is 0 Å². The van der Waals surface area contributed by atoms with Crippen molar-refractivity contribution in [2.45, 2.75) is 6.92 Å². The minimum atomic E-state index is -0.528. The number of carbonyl (C=O) groups excluding carboxylic acids is 1. The van der Waals surface area contributed by atoms with Crippen molar-refractivity contribution in [3.63, 3.8) is 0 Å². The topological polar surface area (TPSA) is 90.7 Å². The molecular weight excluding hydrogens is 372 g/mol. The lowest BCUT2D eigenvalue weighted by molar-refractivity contribution is -0.385. The number of hydrogen-bond acceptors (Lipinski definition) is 5. The molecule has 0 fully saturated rings. The van der Waals surface area contributed by atoms with Crippen molar-refractivity contribution >= 4 is 17.3 Å². The van der Waals surface area contributed by atoms with E-state index in [-0.39, 0.29) is 24.0 Å². The van der Waals surface area contributed by atoms with Crippen LogP contribution in [-0.2, 0) is 4.79 Å². The van der Waals surface area contributed by atoms with E-state index in [0.29, 0.717) is 17.0 Å². The van der Waals surface area contributed by atoms with Gasteiger partial charge in [0.1, 0.15) is 5.75 Å². The molecule has 0 aromatic heterocycles. The van der Waals surface area contributed by atoms with Crippen LogP contribution in [0.4, 0.5) is 11.4 Å². The zero-order chi connectivity index (χ0) is 20.8. The third-order valence-electron chi connectivity index (χ3n) is 4.33. The molecule has 0 radical (unpaired) electrons. The molecule has 3 aromatic rings. The van der Waals surface area contributed by atoms with Gasteiger partial charge in [-0.3, -0.25) is 14.9 Å². The first-order chi connectivity index (χ1) is 14.0. The second-order valence-corrected chi connectivity index (χ2v) is 6.32. The molecule has 29 heavy (non-hydrogen) atoms. The van der Waals surface area contributed by atoms with Crippen LogP contribution in [0, 0.1) is 17.0 Å². The smallest absolute Gasteiger partial charge is 0.311 e. The zero-order valence-corrected chi connectivity index (χ0v) is 16.0. The molecule has 0 saturated carbocycles. The van der Waals surface area contributed by atoms with Gasteiger partial charge < -0.3 is 14.8 Å². The van der Waals surface area contributed by atoms with Crippen LogP contribution in [0.2, 0.25) is 0 Å². The highest BCUT2D eigenvalue weighted by molar-refractivity contribution is 5.93. The van der Waals surface area contributed by atoms with Crippen LogP contribution in [0.5, 0.6) is 11.5 Å². The molecule has 0 aliphatic rings. The van der Waals surface area contributed by atoms with Crippen LogP contribution in [0.1, 0.15) is 5.56 Å². The predicted molar refractivity (Wildman–Crippen MR) is 110 cm³/mol. The standard InChI is InChI=1S/C22H20N2O5/c1-15-12-20(24(26)27)21(28-2)13-19(15)23-22(25)14-29-18-10-8-17(9-11-18)16-6-4-3-5-7-16/h3-13H,14H2,1-2H3,(H,23,25). The number of carbonyl (C=O) groups is 1. The summed E-state index contributed by atoms with van der Waals surface area (Å²) in [6.45, 7) is 1.48. The highest BCUT2D eigenvalue weighted by atomic mass is 16.6. The molecule has 0 saturated heterocycles. The highest BCUT2D eigenvalue weighted by Gasteiger charge is 2.18. The number of hydrogen-bond donors (Lipinski definition) is 1. The molecule has 1 amide bonds. The lowest BCUT2D eigenvalue weighted by Crippen LogP contribution is -2.20. The van der Waals surface area contributed by atoms with E-state index in [1.54, 1.807) is 19.1 Å². The van der Waals surface area contributed by atoms with E-state index in [1.807, 2.05) is 42.5 Å². The van der Waals surface area contributed by atoms with Crippen molar-refractivity contribution in [1.29, 1.82) is 0 Å². The molecule has 3 rings (SSSR count). The number of methoxy groups -OCH3 is 1. The fourth-order valence-corrected chi connectivity index (χ4v) is 2.82. The lowest BCUT2D eigenvalue weighted by Gasteiger charge is -2.12. The van der Waals surface area contributed by atoms with Gasteiger partial charge in [0.25, 0.3) is 5.91 Å². The second kappa shape index (κ2) is 8.88. The van der Waals surface area contributed by atoms with Crippen LogP contribution >= 0.6 is 0 Å². The summed E-state index contributed by atoms with van der Waals surface area (Å²) in [5.74, 6) is 0.266. The average Bonchev–Trinajstić information content (AvgIpc) is 2.74. The largest absolute Gasteiger partial charge is 0.490 e. The molecule has 0 spiro atoms. The van der Waals surface area contributed by atoms with Crippen molar-refractivity contribution in [3.05, 3.63) is 82.4 Å². The first-order valence-corrected chi connectivity index (χ1v) is 8.89.